The summed E-state index contributed by atoms with van der Waals surface area (Å²) in [5, 5.41) is 3.55. The average molecular weight is 224 g/mol. The molecule has 0 aromatic rings. The Morgan fingerprint density at radius 3 is 2.94 bits per heavy atom. The summed E-state index contributed by atoms with van der Waals surface area (Å²) < 4.78 is 0. The number of likely N-dealkylation sites (tertiary alicyclic amines) is 1. The SMILES string of the molecule is CCCNCC1CCCN(CC=C(C)C)C1. The molecular weight excluding hydrogens is 196 g/mol. The van der Waals surface area contributed by atoms with Crippen LogP contribution < -0.4 is 5.32 Å². The predicted molar refractivity (Wildman–Crippen MR) is 71.8 cm³/mol. The number of rotatable bonds is 6. The first-order chi connectivity index (χ1) is 7.72. The number of piperidine rings is 1. The van der Waals surface area contributed by atoms with E-state index >= 15 is 0 Å². The van der Waals surface area contributed by atoms with Crippen molar-refractivity contribution in [1.82, 2.24) is 10.2 Å². The van der Waals surface area contributed by atoms with Gasteiger partial charge in [0, 0.05) is 13.1 Å². The van der Waals surface area contributed by atoms with Gasteiger partial charge in [-0.25, -0.2) is 0 Å². The lowest BCUT2D eigenvalue weighted by molar-refractivity contribution is 0.188. The number of nitrogens with one attached hydrogen (secondary N) is 1. The van der Waals surface area contributed by atoms with Gasteiger partial charge in [0.25, 0.3) is 0 Å². The normalized spacial score (nSPS) is 22.1. The fourth-order valence-corrected chi connectivity index (χ4v) is 2.28. The van der Waals surface area contributed by atoms with Gasteiger partial charge in [0.1, 0.15) is 0 Å². The van der Waals surface area contributed by atoms with Crippen molar-refractivity contribution in [2.75, 3.05) is 32.7 Å². The summed E-state index contributed by atoms with van der Waals surface area (Å²) in [7, 11) is 0. The van der Waals surface area contributed by atoms with E-state index in [-0.39, 0.29) is 0 Å². The van der Waals surface area contributed by atoms with Gasteiger partial charge in [0.2, 0.25) is 0 Å². The molecule has 0 aliphatic carbocycles. The van der Waals surface area contributed by atoms with Crippen LogP contribution in [0, 0.1) is 5.92 Å². The van der Waals surface area contributed by atoms with Crippen LogP contribution in [0.25, 0.3) is 0 Å². The second-order valence-corrected chi connectivity index (χ2v) is 5.25. The number of hydrogen-bond donors (Lipinski definition) is 1. The molecule has 0 radical (unpaired) electrons. The van der Waals surface area contributed by atoms with Crippen LogP contribution in [0.3, 0.4) is 0 Å². The maximum atomic E-state index is 3.55. The van der Waals surface area contributed by atoms with E-state index < -0.39 is 0 Å². The lowest BCUT2D eigenvalue weighted by Gasteiger charge is -2.32. The van der Waals surface area contributed by atoms with Gasteiger partial charge in [0.15, 0.2) is 0 Å². The molecule has 0 amide bonds. The van der Waals surface area contributed by atoms with Gasteiger partial charge in [-0.15, -0.1) is 0 Å². The first kappa shape index (κ1) is 13.7. The van der Waals surface area contributed by atoms with Crippen molar-refractivity contribution in [3.8, 4) is 0 Å². The Labute approximate surface area is 101 Å². The Bertz CT molecular complexity index is 207. The molecule has 0 bridgehead atoms. The van der Waals surface area contributed by atoms with E-state index in [1.165, 1.54) is 51.0 Å². The molecule has 94 valence electrons. The van der Waals surface area contributed by atoms with Gasteiger partial charge in [-0.05, 0) is 58.7 Å². The van der Waals surface area contributed by atoms with Crippen molar-refractivity contribution in [1.29, 1.82) is 0 Å². The minimum Gasteiger partial charge on any atom is -0.316 e. The molecule has 2 heteroatoms. The smallest absolute Gasteiger partial charge is 0.0165 e. The molecule has 0 spiro atoms. The second-order valence-electron chi connectivity index (χ2n) is 5.25. The van der Waals surface area contributed by atoms with Crippen molar-refractivity contribution in [3.63, 3.8) is 0 Å². The minimum absolute atomic E-state index is 0.867. The maximum absolute atomic E-state index is 3.55. The van der Waals surface area contributed by atoms with Gasteiger partial charge in [-0.3, -0.25) is 4.90 Å². The third-order valence-electron chi connectivity index (χ3n) is 3.22. The Hall–Kier alpha value is -0.340. The monoisotopic (exact) mass is 224 g/mol. The van der Waals surface area contributed by atoms with Crippen LogP contribution in [0.4, 0.5) is 0 Å². The fraction of sp³-hybridized carbons (Fsp3) is 0.857. The van der Waals surface area contributed by atoms with E-state index in [0.717, 1.165) is 12.5 Å². The molecule has 16 heavy (non-hydrogen) atoms. The minimum atomic E-state index is 0.867. The topological polar surface area (TPSA) is 15.3 Å². The molecule has 0 aromatic carbocycles. The molecule has 1 saturated heterocycles. The molecular formula is C14H28N2. The number of hydrogen-bond acceptors (Lipinski definition) is 2. The van der Waals surface area contributed by atoms with Crippen molar-refractivity contribution >= 4 is 0 Å². The summed E-state index contributed by atoms with van der Waals surface area (Å²) in [6.07, 6.45) is 6.37. The second kappa shape index (κ2) is 7.86. The van der Waals surface area contributed by atoms with E-state index in [1.54, 1.807) is 0 Å². The van der Waals surface area contributed by atoms with Gasteiger partial charge in [0.05, 0.1) is 0 Å². The standard InChI is InChI=1S/C14H28N2/c1-4-8-15-11-14-6-5-9-16(12-14)10-7-13(2)3/h7,14-15H,4-6,8-12H2,1-3H3. The first-order valence-electron chi connectivity index (χ1n) is 6.78. The summed E-state index contributed by atoms with van der Waals surface area (Å²) in [6.45, 7) is 12.7. The third-order valence-corrected chi connectivity index (χ3v) is 3.22. The molecule has 1 N–H and O–H groups in total. The zero-order valence-corrected chi connectivity index (χ0v) is 11.3. The molecule has 1 aliphatic heterocycles. The molecule has 0 saturated carbocycles. The van der Waals surface area contributed by atoms with Crippen molar-refractivity contribution in [2.24, 2.45) is 5.92 Å². The van der Waals surface area contributed by atoms with Crippen molar-refractivity contribution in [2.45, 2.75) is 40.0 Å². The van der Waals surface area contributed by atoms with E-state index in [4.69, 9.17) is 0 Å². The van der Waals surface area contributed by atoms with Crippen LogP contribution in [-0.4, -0.2) is 37.6 Å². The lowest BCUT2D eigenvalue weighted by atomic mass is 9.98. The fourth-order valence-electron chi connectivity index (χ4n) is 2.28. The van der Waals surface area contributed by atoms with Crippen LogP contribution in [0.2, 0.25) is 0 Å². The van der Waals surface area contributed by atoms with Gasteiger partial charge in [-0.1, -0.05) is 18.6 Å². The summed E-state index contributed by atoms with van der Waals surface area (Å²) in [4.78, 5) is 2.59. The molecule has 1 aliphatic rings. The highest BCUT2D eigenvalue weighted by atomic mass is 15.1. The highest BCUT2D eigenvalue weighted by molar-refractivity contribution is 4.95. The molecule has 1 unspecified atom stereocenters. The summed E-state index contributed by atoms with van der Waals surface area (Å²) in [5.41, 5.74) is 1.44. The zero-order valence-electron chi connectivity index (χ0n) is 11.3. The van der Waals surface area contributed by atoms with E-state index in [2.05, 4.69) is 37.1 Å². The van der Waals surface area contributed by atoms with Gasteiger partial charge < -0.3 is 5.32 Å². The molecule has 1 atom stereocenters. The van der Waals surface area contributed by atoms with E-state index in [0.29, 0.717) is 0 Å². The highest BCUT2D eigenvalue weighted by Gasteiger charge is 2.18. The highest BCUT2D eigenvalue weighted by Crippen LogP contribution is 2.15. The maximum Gasteiger partial charge on any atom is 0.0165 e. The molecule has 2 nitrogen and oxygen atoms in total. The molecule has 0 aromatic heterocycles. The average Bonchev–Trinajstić information content (AvgIpc) is 2.27. The van der Waals surface area contributed by atoms with Crippen LogP contribution in [0.5, 0.6) is 0 Å². The van der Waals surface area contributed by atoms with Crippen molar-refractivity contribution < 1.29 is 0 Å². The van der Waals surface area contributed by atoms with Crippen LogP contribution in [0.15, 0.2) is 11.6 Å². The molecule has 1 fully saturated rings. The Kier molecular flexibility index (Phi) is 6.74. The van der Waals surface area contributed by atoms with Crippen LogP contribution in [-0.2, 0) is 0 Å². The Morgan fingerprint density at radius 1 is 1.44 bits per heavy atom. The molecule has 1 heterocycles. The largest absolute Gasteiger partial charge is 0.316 e. The van der Waals surface area contributed by atoms with Gasteiger partial charge >= 0.3 is 0 Å². The quantitative estimate of drug-likeness (QED) is 0.551. The van der Waals surface area contributed by atoms with Crippen molar-refractivity contribution in [3.05, 3.63) is 11.6 Å². The molecule has 1 rings (SSSR count). The number of nitrogens with zero attached hydrogens (tertiary/aromatic N) is 1. The van der Waals surface area contributed by atoms with E-state index in [1.807, 2.05) is 0 Å². The Morgan fingerprint density at radius 2 is 2.25 bits per heavy atom. The van der Waals surface area contributed by atoms with Crippen LogP contribution >= 0.6 is 0 Å². The summed E-state index contributed by atoms with van der Waals surface area (Å²) in [5.74, 6) is 0.867. The number of allylic oxidation sites excluding steroid dienone is 1. The van der Waals surface area contributed by atoms with Gasteiger partial charge in [-0.2, -0.15) is 0 Å². The Balaban J connectivity index is 2.21. The predicted octanol–water partition coefficient (Wildman–Crippen LogP) is 2.66. The van der Waals surface area contributed by atoms with Crippen LogP contribution in [0.1, 0.15) is 40.0 Å². The van der Waals surface area contributed by atoms with E-state index in [9.17, 15) is 0 Å². The zero-order chi connectivity index (χ0) is 11.8. The lowest BCUT2D eigenvalue weighted by Crippen LogP contribution is -2.39. The summed E-state index contributed by atoms with van der Waals surface area (Å²) in [6, 6.07) is 0. The first-order valence-corrected chi connectivity index (χ1v) is 6.78. The third kappa shape index (κ3) is 5.66. The summed E-state index contributed by atoms with van der Waals surface area (Å²) >= 11 is 0.